The number of esters is 1. The van der Waals surface area contributed by atoms with Crippen molar-refractivity contribution in [3.8, 4) is 23.4 Å². The molecule has 0 saturated carbocycles. The van der Waals surface area contributed by atoms with Crippen LogP contribution in [-0.4, -0.2) is 55.9 Å². The first-order valence-corrected chi connectivity index (χ1v) is 10.2. The molecule has 1 atom stereocenters. The van der Waals surface area contributed by atoms with Crippen LogP contribution in [0.1, 0.15) is 39.9 Å². The van der Waals surface area contributed by atoms with Crippen molar-refractivity contribution < 1.29 is 28.8 Å². The van der Waals surface area contributed by atoms with E-state index in [-0.39, 0.29) is 46.5 Å². The van der Waals surface area contributed by atoms with E-state index in [1.807, 2.05) is 6.07 Å². The molecule has 0 unspecified atom stereocenters. The van der Waals surface area contributed by atoms with Crippen molar-refractivity contribution in [3.05, 3.63) is 44.7 Å². The van der Waals surface area contributed by atoms with E-state index in [9.17, 15) is 20.0 Å². The highest BCUT2D eigenvalue weighted by molar-refractivity contribution is 5.98. The maximum absolute atomic E-state index is 12.8. The zero-order valence-corrected chi connectivity index (χ0v) is 18.9. The van der Waals surface area contributed by atoms with E-state index in [1.165, 1.54) is 39.7 Å². The average molecular weight is 455 g/mol. The summed E-state index contributed by atoms with van der Waals surface area (Å²) in [7, 11) is 4.12. The summed E-state index contributed by atoms with van der Waals surface area (Å²) < 4.78 is 22.1. The number of methoxy groups -OCH3 is 3. The van der Waals surface area contributed by atoms with Gasteiger partial charge < -0.3 is 24.1 Å². The number of rotatable bonds is 7. The topological polar surface area (TPSA) is 132 Å². The van der Waals surface area contributed by atoms with E-state index in [0.717, 1.165) is 17.4 Å². The van der Waals surface area contributed by atoms with E-state index in [4.69, 9.17) is 18.9 Å². The molecular formula is C23H25N3O7. The summed E-state index contributed by atoms with van der Waals surface area (Å²) in [5, 5.41) is 20.4. The van der Waals surface area contributed by atoms with Crippen LogP contribution in [-0.2, 0) is 16.0 Å². The fourth-order valence-corrected chi connectivity index (χ4v) is 3.67. The number of carbonyl (C=O) groups excluding carboxylic acids is 1. The second-order valence-corrected chi connectivity index (χ2v) is 7.37. The first-order chi connectivity index (χ1) is 15.9. The van der Waals surface area contributed by atoms with Crippen molar-refractivity contribution in [2.45, 2.75) is 32.4 Å². The van der Waals surface area contributed by atoms with E-state index >= 15 is 0 Å². The number of hydrogen-bond acceptors (Lipinski definition) is 9. The van der Waals surface area contributed by atoms with Gasteiger partial charge in [0.15, 0.2) is 11.5 Å². The van der Waals surface area contributed by atoms with E-state index in [0.29, 0.717) is 18.1 Å². The summed E-state index contributed by atoms with van der Waals surface area (Å²) in [6.07, 6.45) is 2.68. The predicted molar refractivity (Wildman–Crippen MR) is 119 cm³/mol. The van der Waals surface area contributed by atoms with Gasteiger partial charge in [-0.1, -0.05) is 0 Å². The summed E-state index contributed by atoms with van der Waals surface area (Å²) in [6, 6.07) is 4.83. The molecule has 2 aromatic rings. The van der Waals surface area contributed by atoms with Crippen molar-refractivity contribution >= 4 is 17.9 Å². The third kappa shape index (κ3) is 4.68. The largest absolute Gasteiger partial charge is 0.494 e. The van der Waals surface area contributed by atoms with Crippen LogP contribution >= 0.6 is 0 Å². The molecule has 1 aliphatic heterocycles. The molecule has 10 heteroatoms. The second-order valence-electron chi connectivity index (χ2n) is 7.37. The molecule has 0 radical (unpaired) electrons. The third-order valence-electron chi connectivity index (χ3n) is 5.50. The van der Waals surface area contributed by atoms with Crippen molar-refractivity contribution in [2.75, 3.05) is 27.9 Å². The standard InChI is InChI=1S/C23H25N3O7/c1-13-16(10-24)21(27)26(12-14-6-5-7-33-14)22(28)17(13)11-25-18-9-20(31-3)19(30-2)8-15(18)23(29)32-4/h8-9,11,14,28H,5-7,12H2,1-4H3/t14-/m0/s1. The Kier molecular flexibility index (Phi) is 7.35. The number of benzene rings is 1. The van der Waals surface area contributed by atoms with Crippen LogP contribution in [0, 0.1) is 18.3 Å². The van der Waals surface area contributed by atoms with Gasteiger partial charge in [0.25, 0.3) is 5.56 Å². The Balaban J connectivity index is 2.14. The van der Waals surface area contributed by atoms with Crippen LogP contribution < -0.4 is 15.0 Å². The Labute approximate surface area is 190 Å². The van der Waals surface area contributed by atoms with Gasteiger partial charge in [0.2, 0.25) is 5.88 Å². The van der Waals surface area contributed by atoms with Gasteiger partial charge in [-0.15, -0.1) is 0 Å². The Bertz CT molecular complexity index is 1190. The third-order valence-corrected chi connectivity index (χ3v) is 5.50. The molecule has 1 N–H and O–H groups in total. The minimum Gasteiger partial charge on any atom is -0.494 e. The zero-order chi connectivity index (χ0) is 24.1. The van der Waals surface area contributed by atoms with Crippen molar-refractivity contribution in [3.63, 3.8) is 0 Å². The molecule has 0 spiro atoms. The Morgan fingerprint density at radius 2 is 2.03 bits per heavy atom. The molecular weight excluding hydrogens is 430 g/mol. The van der Waals surface area contributed by atoms with Gasteiger partial charge in [-0.25, -0.2) is 4.79 Å². The summed E-state index contributed by atoms with van der Waals surface area (Å²) in [4.78, 5) is 29.4. The van der Waals surface area contributed by atoms with Crippen molar-refractivity contribution in [1.82, 2.24) is 4.57 Å². The molecule has 0 aliphatic carbocycles. The number of hydrogen-bond donors (Lipinski definition) is 1. The summed E-state index contributed by atoms with van der Waals surface area (Å²) in [5.41, 5.74) is 0.0434. The molecule has 3 rings (SSSR count). The lowest BCUT2D eigenvalue weighted by atomic mass is 10.1. The molecule has 0 amide bonds. The van der Waals surface area contributed by atoms with Gasteiger partial charge in [-0.2, -0.15) is 5.26 Å². The zero-order valence-electron chi connectivity index (χ0n) is 18.9. The van der Waals surface area contributed by atoms with E-state index in [1.54, 1.807) is 6.92 Å². The monoisotopic (exact) mass is 455 g/mol. The normalized spacial score (nSPS) is 15.4. The number of aromatic hydroxyl groups is 1. The van der Waals surface area contributed by atoms with Crippen LogP contribution in [0.5, 0.6) is 17.4 Å². The fourth-order valence-electron chi connectivity index (χ4n) is 3.67. The van der Waals surface area contributed by atoms with Gasteiger partial charge in [0.1, 0.15) is 11.6 Å². The van der Waals surface area contributed by atoms with Crippen LogP contribution in [0.25, 0.3) is 0 Å². The quantitative estimate of drug-likeness (QED) is 0.497. The lowest BCUT2D eigenvalue weighted by Crippen LogP contribution is -2.29. The molecule has 0 bridgehead atoms. The van der Waals surface area contributed by atoms with E-state index in [2.05, 4.69) is 4.99 Å². The Hall–Kier alpha value is -3.84. The Morgan fingerprint density at radius 1 is 1.33 bits per heavy atom. The number of nitriles is 1. The number of ether oxygens (including phenoxy) is 4. The van der Waals surface area contributed by atoms with Gasteiger partial charge in [0, 0.05) is 25.0 Å². The van der Waals surface area contributed by atoms with Crippen LogP contribution in [0.4, 0.5) is 5.69 Å². The van der Waals surface area contributed by atoms with Crippen molar-refractivity contribution in [1.29, 1.82) is 5.26 Å². The maximum Gasteiger partial charge on any atom is 0.340 e. The lowest BCUT2D eigenvalue weighted by Gasteiger charge is -2.17. The van der Waals surface area contributed by atoms with Gasteiger partial charge >= 0.3 is 5.97 Å². The number of nitrogens with zero attached hydrogens (tertiary/aromatic N) is 3. The number of aliphatic imine (C=N–C) groups is 1. The van der Waals surface area contributed by atoms with Crippen molar-refractivity contribution in [2.24, 2.45) is 4.99 Å². The van der Waals surface area contributed by atoms with Crippen LogP contribution in [0.3, 0.4) is 0 Å². The second kappa shape index (κ2) is 10.2. The van der Waals surface area contributed by atoms with Gasteiger partial charge in [0.05, 0.1) is 50.8 Å². The Morgan fingerprint density at radius 3 is 2.61 bits per heavy atom. The molecule has 174 valence electrons. The summed E-state index contributed by atoms with van der Waals surface area (Å²) in [5.74, 6) is -0.340. The first kappa shape index (κ1) is 23.8. The highest BCUT2D eigenvalue weighted by Gasteiger charge is 2.23. The summed E-state index contributed by atoms with van der Waals surface area (Å²) in [6.45, 7) is 2.25. The average Bonchev–Trinajstić information content (AvgIpc) is 3.34. The van der Waals surface area contributed by atoms with E-state index < -0.39 is 11.5 Å². The number of carbonyl (C=O) groups is 1. The molecule has 1 aliphatic rings. The molecule has 10 nitrogen and oxygen atoms in total. The highest BCUT2D eigenvalue weighted by Crippen LogP contribution is 2.35. The number of aromatic nitrogens is 1. The fraction of sp³-hybridized carbons (Fsp3) is 0.391. The van der Waals surface area contributed by atoms with Gasteiger partial charge in [-0.05, 0) is 25.3 Å². The molecule has 1 saturated heterocycles. The SMILES string of the molecule is COC(=O)c1cc(OC)c(OC)cc1N=Cc1c(C)c(C#N)c(=O)n(C[C@@H]2CCCO2)c1O. The number of pyridine rings is 1. The highest BCUT2D eigenvalue weighted by atomic mass is 16.5. The molecule has 33 heavy (non-hydrogen) atoms. The molecule has 1 aromatic heterocycles. The summed E-state index contributed by atoms with van der Waals surface area (Å²) >= 11 is 0. The maximum atomic E-state index is 12.8. The molecule has 2 heterocycles. The molecule has 1 fully saturated rings. The van der Waals surface area contributed by atoms with Gasteiger partial charge in [-0.3, -0.25) is 14.4 Å². The minimum atomic E-state index is -0.648. The van der Waals surface area contributed by atoms with Crippen LogP contribution in [0.15, 0.2) is 21.9 Å². The molecule has 1 aromatic carbocycles. The lowest BCUT2D eigenvalue weighted by molar-refractivity contribution is 0.0601. The smallest absolute Gasteiger partial charge is 0.340 e. The first-order valence-electron chi connectivity index (χ1n) is 10.2. The van der Waals surface area contributed by atoms with Crippen LogP contribution in [0.2, 0.25) is 0 Å². The predicted octanol–water partition coefficient (Wildman–Crippen LogP) is 2.47. The minimum absolute atomic E-state index is 0.104.